The SMILES string of the molecule is COc1ccc(Nc2cc(C(=O)N(C)Cc3ccccc3)ncn2)cc1Cl. The molecule has 0 aliphatic heterocycles. The molecule has 0 unspecified atom stereocenters. The van der Waals surface area contributed by atoms with Crippen LogP contribution in [0.25, 0.3) is 0 Å². The van der Waals surface area contributed by atoms with Crippen molar-refractivity contribution in [2.75, 3.05) is 19.5 Å². The van der Waals surface area contributed by atoms with Gasteiger partial charge < -0.3 is 15.0 Å². The molecule has 3 aromatic rings. The van der Waals surface area contributed by atoms with Crippen LogP contribution in [0.5, 0.6) is 5.75 Å². The lowest BCUT2D eigenvalue weighted by atomic mass is 10.2. The Bertz CT molecular complexity index is 934. The summed E-state index contributed by atoms with van der Waals surface area (Å²) in [5, 5.41) is 3.60. The highest BCUT2D eigenvalue weighted by molar-refractivity contribution is 6.32. The summed E-state index contributed by atoms with van der Waals surface area (Å²) in [5.74, 6) is 0.906. The third kappa shape index (κ3) is 4.74. The van der Waals surface area contributed by atoms with E-state index in [-0.39, 0.29) is 5.91 Å². The van der Waals surface area contributed by atoms with Crippen LogP contribution >= 0.6 is 11.6 Å². The summed E-state index contributed by atoms with van der Waals surface area (Å²) in [6.45, 7) is 0.501. The van der Waals surface area contributed by atoms with Crippen molar-refractivity contribution in [2.24, 2.45) is 0 Å². The molecule has 0 saturated carbocycles. The van der Waals surface area contributed by atoms with Crippen LogP contribution in [0.2, 0.25) is 5.02 Å². The summed E-state index contributed by atoms with van der Waals surface area (Å²) in [4.78, 5) is 22.5. The number of amides is 1. The van der Waals surface area contributed by atoms with Crippen LogP contribution < -0.4 is 10.1 Å². The number of benzene rings is 2. The predicted octanol–water partition coefficient (Wildman–Crippen LogP) is 4.15. The number of nitrogens with zero attached hydrogens (tertiary/aromatic N) is 3. The number of methoxy groups -OCH3 is 1. The zero-order valence-electron chi connectivity index (χ0n) is 15.0. The number of hydrogen-bond donors (Lipinski definition) is 1. The van der Waals surface area contributed by atoms with E-state index in [4.69, 9.17) is 16.3 Å². The average molecular weight is 383 g/mol. The molecular formula is C20H19ClN4O2. The Morgan fingerprint density at radius 3 is 2.63 bits per heavy atom. The van der Waals surface area contributed by atoms with Gasteiger partial charge >= 0.3 is 0 Å². The summed E-state index contributed by atoms with van der Waals surface area (Å²) in [6.07, 6.45) is 1.36. The van der Waals surface area contributed by atoms with Gasteiger partial charge in [-0.15, -0.1) is 0 Å². The van der Waals surface area contributed by atoms with E-state index in [0.29, 0.717) is 28.8 Å². The maximum absolute atomic E-state index is 12.7. The number of anilines is 2. The monoisotopic (exact) mass is 382 g/mol. The molecule has 1 amide bonds. The summed E-state index contributed by atoms with van der Waals surface area (Å²) in [5.41, 5.74) is 2.09. The van der Waals surface area contributed by atoms with Crippen LogP contribution in [0.4, 0.5) is 11.5 Å². The van der Waals surface area contributed by atoms with E-state index < -0.39 is 0 Å². The molecule has 0 aliphatic carbocycles. The van der Waals surface area contributed by atoms with E-state index in [2.05, 4.69) is 15.3 Å². The van der Waals surface area contributed by atoms with E-state index in [1.54, 1.807) is 37.3 Å². The van der Waals surface area contributed by atoms with E-state index in [9.17, 15) is 4.79 Å². The van der Waals surface area contributed by atoms with Crippen molar-refractivity contribution in [1.29, 1.82) is 0 Å². The zero-order valence-corrected chi connectivity index (χ0v) is 15.8. The molecule has 6 nitrogen and oxygen atoms in total. The Labute approximate surface area is 162 Å². The minimum atomic E-state index is -0.183. The van der Waals surface area contributed by atoms with Gasteiger partial charge in [0, 0.05) is 25.3 Å². The Morgan fingerprint density at radius 2 is 1.93 bits per heavy atom. The molecule has 0 radical (unpaired) electrons. The van der Waals surface area contributed by atoms with Gasteiger partial charge in [0.15, 0.2) is 0 Å². The lowest BCUT2D eigenvalue weighted by molar-refractivity contribution is 0.0779. The molecule has 0 fully saturated rings. The highest BCUT2D eigenvalue weighted by Gasteiger charge is 2.14. The van der Waals surface area contributed by atoms with Gasteiger partial charge in [0.25, 0.3) is 5.91 Å². The Hall–Kier alpha value is -3.12. The second-order valence-corrected chi connectivity index (χ2v) is 6.32. The van der Waals surface area contributed by atoms with Gasteiger partial charge in [-0.2, -0.15) is 0 Å². The number of halogens is 1. The fourth-order valence-corrected chi connectivity index (χ4v) is 2.82. The molecule has 2 aromatic carbocycles. The van der Waals surface area contributed by atoms with Crippen molar-refractivity contribution in [1.82, 2.24) is 14.9 Å². The Balaban J connectivity index is 1.72. The van der Waals surface area contributed by atoms with Gasteiger partial charge in [-0.25, -0.2) is 9.97 Å². The van der Waals surface area contributed by atoms with Crippen molar-refractivity contribution in [3.8, 4) is 5.75 Å². The van der Waals surface area contributed by atoms with E-state index >= 15 is 0 Å². The smallest absolute Gasteiger partial charge is 0.272 e. The molecule has 0 bridgehead atoms. The summed E-state index contributed by atoms with van der Waals surface area (Å²) in [6, 6.07) is 16.7. The van der Waals surface area contributed by atoms with Crippen LogP contribution in [0.1, 0.15) is 16.1 Å². The second kappa shape index (κ2) is 8.51. The first-order valence-corrected chi connectivity index (χ1v) is 8.66. The largest absolute Gasteiger partial charge is 0.495 e. The summed E-state index contributed by atoms with van der Waals surface area (Å²) in [7, 11) is 3.30. The number of ether oxygens (including phenoxy) is 1. The third-order valence-electron chi connectivity index (χ3n) is 3.92. The molecule has 1 N–H and O–H groups in total. The number of nitrogens with one attached hydrogen (secondary N) is 1. The minimum Gasteiger partial charge on any atom is -0.495 e. The first-order valence-electron chi connectivity index (χ1n) is 8.29. The second-order valence-electron chi connectivity index (χ2n) is 5.91. The van der Waals surface area contributed by atoms with Gasteiger partial charge in [0.2, 0.25) is 0 Å². The summed E-state index contributed by atoms with van der Waals surface area (Å²) >= 11 is 6.14. The fraction of sp³-hybridized carbons (Fsp3) is 0.150. The highest BCUT2D eigenvalue weighted by Crippen LogP contribution is 2.28. The molecule has 0 saturated heterocycles. The molecule has 1 heterocycles. The standard InChI is InChI=1S/C20H19ClN4O2/c1-25(12-14-6-4-3-5-7-14)20(26)17-11-19(23-13-22-17)24-15-8-9-18(27-2)16(21)10-15/h3-11,13H,12H2,1-2H3,(H,22,23,24). The third-order valence-corrected chi connectivity index (χ3v) is 4.22. The van der Waals surface area contributed by atoms with Crippen molar-refractivity contribution in [3.63, 3.8) is 0 Å². The number of carbonyl (C=O) groups excluding carboxylic acids is 1. The molecule has 0 aliphatic rings. The normalized spacial score (nSPS) is 10.3. The molecule has 3 rings (SSSR count). The topological polar surface area (TPSA) is 67.3 Å². The lowest BCUT2D eigenvalue weighted by Crippen LogP contribution is -2.27. The maximum Gasteiger partial charge on any atom is 0.272 e. The van der Waals surface area contributed by atoms with Crippen molar-refractivity contribution >= 4 is 29.0 Å². The molecular weight excluding hydrogens is 364 g/mol. The van der Waals surface area contributed by atoms with E-state index in [1.165, 1.54) is 6.33 Å². The Kier molecular flexibility index (Phi) is 5.88. The number of rotatable bonds is 6. The number of hydrogen-bond acceptors (Lipinski definition) is 5. The lowest BCUT2D eigenvalue weighted by Gasteiger charge is -2.17. The summed E-state index contributed by atoms with van der Waals surface area (Å²) < 4.78 is 5.14. The zero-order chi connectivity index (χ0) is 19.2. The first-order chi connectivity index (χ1) is 13.1. The maximum atomic E-state index is 12.7. The highest BCUT2D eigenvalue weighted by atomic mass is 35.5. The molecule has 1 aromatic heterocycles. The van der Waals surface area contributed by atoms with Gasteiger partial charge in [-0.05, 0) is 23.8 Å². The van der Waals surface area contributed by atoms with Crippen molar-refractivity contribution in [2.45, 2.75) is 6.54 Å². The van der Waals surface area contributed by atoms with Gasteiger partial charge in [0.1, 0.15) is 23.6 Å². The number of aromatic nitrogens is 2. The van der Waals surface area contributed by atoms with Crippen molar-refractivity contribution in [3.05, 3.63) is 77.2 Å². The molecule has 138 valence electrons. The van der Waals surface area contributed by atoms with E-state index in [1.807, 2.05) is 36.4 Å². The van der Waals surface area contributed by atoms with Crippen LogP contribution in [0, 0.1) is 0 Å². The van der Waals surface area contributed by atoms with Gasteiger partial charge in [-0.3, -0.25) is 4.79 Å². The molecule has 0 spiro atoms. The molecule has 27 heavy (non-hydrogen) atoms. The minimum absolute atomic E-state index is 0.183. The van der Waals surface area contributed by atoms with Crippen LogP contribution in [-0.2, 0) is 6.54 Å². The van der Waals surface area contributed by atoms with Crippen LogP contribution in [-0.4, -0.2) is 34.9 Å². The van der Waals surface area contributed by atoms with Crippen LogP contribution in [0.3, 0.4) is 0 Å². The van der Waals surface area contributed by atoms with E-state index in [0.717, 1.165) is 11.3 Å². The quantitative estimate of drug-likeness (QED) is 0.693. The predicted molar refractivity (Wildman–Crippen MR) is 106 cm³/mol. The van der Waals surface area contributed by atoms with Gasteiger partial charge in [0.05, 0.1) is 12.1 Å². The number of carbonyl (C=O) groups is 1. The fourth-order valence-electron chi connectivity index (χ4n) is 2.56. The van der Waals surface area contributed by atoms with Crippen molar-refractivity contribution < 1.29 is 9.53 Å². The molecule has 0 atom stereocenters. The first kappa shape index (κ1) is 18.7. The van der Waals surface area contributed by atoms with Gasteiger partial charge in [-0.1, -0.05) is 41.9 Å². The average Bonchev–Trinajstić information content (AvgIpc) is 2.68. The molecule has 7 heteroatoms. The Morgan fingerprint density at radius 1 is 1.15 bits per heavy atom. The van der Waals surface area contributed by atoms with Crippen LogP contribution in [0.15, 0.2) is 60.9 Å².